The Hall–Kier alpha value is -2.26. The number of hydrogen-bond acceptors (Lipinski definition) is 2. The van der Waals surface area contributed by atoms with Gasteiger partial charge in [0.05, 0.1) is 6.61 Å². The number of likely N-dealkylation sites (N-methyl/N-ethyl adjacent to an activating group) is 1. The quantitative estimate of drug-likeness (QED) is 0.667. The first-order valence-electron chi connectivity index (χ1n) is 9.68. The number of ether oxygens (including phenoxy) is 1. The van der Waals surface area contributed by atoms with Gasteiger partial charge in [0.1, 0.15) is 5.75 Å². The zero-order valence-electron chi connectivity index (χ0n) is 16.0. The number of hydrogen-bond donors (Lipinski definition) is 0. The fourth-order valence-corrected chi connectivity index (χ4v) is 4.10. The largest absolute Gasteiger partial charge is 0.494 e. The zero-order chi connectivity index (χ0) is 18.1. The van der Waals surface area contributed by atoms with Crippen molar-refractivity contribution in [3.63, 3.8) is 0 Å². The van der Waals surface area contributed by atoms with E-state index in [0.29, 0.717) is 12.6 Å². The highest BCUT2D eigenvalue weighted by Crippen LogP contribution is 2.34. The Bertz CT molecular complexity index is 897. The van der Waals surface area contributed by atoms with E-state index in [1.165, 1.54) is 27.7 Å². The number of fused-ring (bicyclic) bond motifs is 3. The van der Waals surface area contributed by atoms with Crippen molar-refractivity contribution in [2.45, 2.75) is 45.8 Å². The van der Waals surface area contributed by atoms with Crippen LogP contribution < -0.4 is 4.74 Å². The molecule has 0 N–H and O–H groups in total. The second-order valence-corrected chi connectivity index (χ2v) is 7.39. The van der Waals surface area contributed by atoms with E-state index >= 15 is 0 Å². The highest BCUT2D eigenvalue weighted by atomic mass is 16.5. The molecule has 3 nitrogen and oxygen atoms in total. The summed E-state index contributed by atoms with van der Waals surface area (Å²) >= 11 is 0. The lowest BCUT2D eigenvalue weighted by molar-refractivity contribution is 0.228. The van der Waals surface area contributed by atoms with E-state index in [1.54, 1.807) is 0 Å². The van der Waals surface area contributed by atoms with Gasteiger partial charge in [-0.1, -0.05) is 30.3 Å². The first kappa shape index (κ1) is 17.2. The van der Waals surface area contributed by atoms with Crippen LogP contribution in [0, 0.1) is 0 Å². The van der Waals surface area contributed by atoms with Crippen molar-refractivity contribution in [1.82, 2.24) is 9.47 Å². The van der Waals surface area contributed by atoms with Gasteiger partial charge in [-0.05, 0) is 56.6 Å². The van der Waals surface area contributed by atoms with E-state index in [4.69, 9.17) is 4.74 Å². The molecule has 3 aromatic rings. The molecule has 1 aliphatic rings. The van der Waals surface area contributed by atoms with Gasteiger partial charge in [0.2, 0.25) is 0 Å². The maximum Gasteiger partial charge on any atom is 0.120 e. The molecule has 0 spiro atoms. The second kappa shape index (κ2) is 7.16. The molecule has 0 saturated carbocycles. The van der Waals surface area contributed by atoms with Gasteiger partial charge in [0.15, 0.2) is 0 Å². The molecule has 0 amide bonds. The van der Waals surface area contributed by atoms with Gasteiger partial charge in [-0.3, -0.25) is 4.90 Å². The number of benzene rings is 2. The zero-order valence-corrected chi connectivity index (χ0v) is 16.0. The minimum atomic E-state index is 0.577. The number of nitrogens with zero attached hydrogens (tertiary/aromatic N) is 2. The summed E-state index contributed by atoms with van der Waals surface area (Å²) < 4.78 is 8.32. The first-order chi connectivity index (χ1) is 12.7. The van der Waals surface area contributed by atoms with Gasteiger partial charge >= 0.3 is 0 Å². The fraction of sp³-hybridized carbons (Fsp3) is 0.391. The fourth-order valence-electron chi connectivity index (χ4n) is 4.10. The van der Waals surface area contributed by atoms with Crippen molar-refractivity contribution in [3.05, 3.63) is 65.4 Å². The van der Waals surface area contributed by atoms with E-state index in [-0.39, 0.29) is 0 Å². The summed E-state index contributed by atoms with van der Waals surface area (Å²) in [6, 6.07) is 18.0. The molecule has 136 valence electrons. The van der Waals surface area contributed by atoms with Crippen LogP contribution in [-0.4, -0.2) is 29.2 Å². The van der Waals surface area contributed by atoms with Gasteiger partial charge < -0.3 is 9.30 Å². The van der Waals surface area contributed by atoms with Crippen LogP contribution in [0.15, 0.2) is 48.5 Å². The molecule has 1 atom stereocenters. The van der Waals surface area contributed by atoms with Gasteiger partial charge in [0.25, 0.3) is 0 Å². The molecule has 0 radical (unpaired) electrons. The Morgan fingerprint density at radius 3 is 2.69 bits per heavy atom. The summed E-state index contributed by atoms with van der Waals surface area (Å²) in [6.07, 6.45) is 2.17. The highest BCUT2D eigenvalue weighted by molar-refractivity contribution is 5.87. The molecule has 2 heterocycles. The van der Waals surface area contributed by atoms with Gasteiger partial charge in [-0.15, -0.1) is 0 Å². The van der Waals surface area contributed by atoms with Crippen molar-refractivity contribution in [2.75, 3.05) is 13.7 Å². The van der Waals surface area contributed by atoms with E-state index in [2.05, 4.69) is 72.0 Å². The molecular weight excluding hydrogens is 320 g/mol. The molecule has 1 aromatic heterocycles. The van der Waals surface area contributed by atoms with Crippen LogP contribution in [-0.2, 0) is 25.9 Å². The summed E-state index contributed by atoms with van der Waals surface area (Å²) in [7, 11) is 2.23. The van der Waals surface area contributed by atoms with Crippen molar-refractivity contribution in [3.8, 4) is 5.75 Å². The highest BCUT2D eigenvalue weighted by Gasteiger charge is 2.26. The van der Waals surface area contributed by atoms with E-state index in [1.807, 2.05) is 6.92 Å². The second-order valence-electron chi connectivity index (χ2n) is 7.39. The van der Waals surface area contributed by atoms with Crippen LogP contribution in [0.25, 0.3) is 10.9 Å². The Morgan fingerprint density at radius 2 is 1.92 bits per heavy atom. The minimum absolute atomic E-state index is 0.577. The van der Waals surface area contributed by atoms with Gasteiger partial charge in [-0.25, -0.2) is 0 Å². The molecule has 0 bridgehead atoms. The predicted octanol–water partition coefficient (Wildman–Crippen LogP) is 4.66. The molecule has 4 rings (SSSR count). The molecule has 0 saturated heterocycles. The molecule has 0 fully saturated rings. The Kier molecular flexibility index (Phi) is 4.73. The van der Waals surface area contributed by atoms with Crippen molar-refractivity contribution in [2.24, 2.45) is 0 Å². The summed E-state index contributed by atoms with van der Waals surface area (Å²) in [5.41, 5.74) is 5.73. The van der Waals surface area contributed by atoms with Crippen LogP contribution in [0.5, 0.6) is 5.75 Å². The molecule has 1 unspecified atom stereocenters. The summed E-state index contributed by atoms with van der Waals surface area (Å²) in [6.45, 7) is 7.12. The lowest BCUT2D eigenvalue weighted by Crippen LogP contribution is -2.35. The maximum atomic E-state index is 5.77. The van der Waals surface area contributed by atoms with Crippen LogP contribution in [0.3, 0.4) is 0 Å². The third kappa shape index (κ3) is 3.12. The van der Waals surface area contributed by atoms with E-state index in [9.17, 15) is 0 Å². The minimum Gasteiger partial charge on any atom is -0.494 e. The number of aromatic nitrogens is 1. The summed E-state index contributed by atoms with van der Waals surface area (Å²) in [4.78, 5) is 2.46. The van der Waals surface area contributed by atoms with Crippen LogP contribution in [0.1, 0.15) is 30.7 Å². The first-order valence-corrected chi connectivity index (χ1v) is 9.68. The van der Waals surface area contributed by atoms with Gasteiger partial charge in [-0.2, -0.15) is 0 Å². The van der Waals surface area contributed by atoms with Crippen molar-refractivity contribution in [1.29, 1.82) is 0 Å². The average molecular weight is 348 g/mol. The molecule has 0 aliphatic carbocycles. The molecular formula is C23H28N2O. The number of aryl methyl sites for hydroxylation is 2. The average Bonchev–Trinajstić information content (AvgIpc) is 2.94. The molecule has 1 aliphatic heterocycles. The molecule has 3 heteroatoms. The Labute approximate surface area is 156 Å². The maximum absolute atomic E-state index is 5.77. The number of rotatable bonds is 5. The molecule has 2 aromatic carbocycles. The van der Waals surface area contributed by atoms with E-state index < -0.39 is 0 Å². The SMILES string of the molecule is CCOc1ccc2c(c1)c1c(n2CCc2ccccc2)CC(C)N(C)C1. The summed E-state index contributed by atoms with van der Waals surface area (Å²) in [5, 5.41) is 1.36. The topological polar surface area (TPSA) is 17.4 Å². The summed E-state index contributed by atoms with van der Waals surface area (Å²) in [5.74, 6) is 0.976. The third-order valence-corrected chi connectivity index (χ3v) is 5.68. The van der Waals surface area contributed by atoms with Crippen molar-refractivity contribution < 1.29 is 4.74 Å². The Morgan fingerprint density at radius 1 is 1.12 bits per heavy atom. The normalized spacial score (nSPS) is 17.4. The van der Waals surface area contributed by atoms with Gasteiger partial charge in [0, 0.05) is 42.1 Å². The van der Waals surface area contributed by atoms with Crippen LogP contribution in [0.4, 0.5) is 0 Å². The third-order valence-electron chi connectivity index (χ3n) is 5.68. The monoisotopic (exact) mass is 348 g/mol. The smallest absolute Gasteiger partial charge is 0.120 e. The van der Waals surface area contributed by atoms with E-state index in [0.717, 1.165) is 31.7 Å². The van der Waals surface area contributed by atoms with Crippen LogP contribution in [0.2, 0.25) is 0 Å². The van der Waals surface area contributed by atoms with Crippen molar-refractivity contribution >= 4 is 10.9 Å². The predicted molar refractivity (Wildman–Crippen MR) is 108 cm³/mol. The lowest BCUT2D eigenvalue weighted by Gasteiger charge is -2.31. The molecule has 26 heavy (non-hydrogen) atoms. The standard InChI is InChI=1S/C23H28N2O/c1-4-26-19-10-11-22-20(15-19)21-16-24(3)17(2)14-23(21)25(22)13-12-18-8-6-5-7-9-18/h5-11,15,17H,4,12-14,16H2,1-3H3. The Balaban J connectivity index is 1.76. The van der Waals surface area contributed by atoms with Crippen LogP contribution >= 0.6 is 0 Å². The lowest BCUT2D eigenvalue weighted by atomic mass is 10.00.